The fourth-order valence-corrected chi connectivity index (χ4v) is 3.57. The number of hydrogen-bond donors (Lipinski definition) is 1. The Kier molecular flexibility index (Phi) is 6.21. The van der Waals surface area contributed by atoms with Crippen LogP contribution in [0.15, 0.2) is 65.3 Å². The molecule has 2 heterocycles. The molecule has 0 aliphatic heterocycles. The lowest BCUT2D eigenvalue weighted by molar-refractivity contribution is -0.116. The summed E-state index contributed by atoms with van der Waals surface area (Å²) in [6, 6.07) is 10.6. The van der Waals surface area contributed by atoms with Crippen LogP contribution in [0.1, 0.15) is 47.5 Å². The molecule has 0 spiro atoms. The third-order valence-electron chi connectivity index (χ3n) is 5.18. The molecule has 158 valence electrons. The van der Waals surface area contributed by atoms with Gasteiger partial charge in [0.2, 0.25) is 11.7 Å². The third kappa shape index (κ3) is 4.88. The van der Waals surface area contributed by atoms with Gasteiger partial charge in [-0.25, -0.2) is 0 Å². The van der Waals surface area contributed by atoms with Crippen LogP contribution in [-0.2, 0) is 24.2 Å². The molecule has 3 aromatic rings. The van der Waals surface area contributed by atoms with Crippen molar-refractivity contribution in [1.82, 2.24) is 14.8 Å². The predicted molar refractivity (Wildman–Crippen MR) is 118 cm³/mol. The Labute approximate surface area is 180 Å². The van der Waals surface area contributed by atoms with E-state index in [1.165, 1.54) is 6.26 Å². The van der Waals surface area contributed by atoms with Crippen LogP contribution in [0.2, 0.25) is 0 Å². The number of rotatable bonds is 9. The summed E-state index contributed by atoms with van der Waals surface area (Å²) in [5.74, 6) is 1.87. The second-order valence-electron chi connectivity index (χ2n) is 7.33. The van der Waals surface area contributed by atoms with E-state index in [1.54, 1.807) is 24.3 Å². The van der Waals surface area contributed by atoms with E-state index in [9.17, 15) is 9.59 Å². The fourth-order valence-electron chi connectivity index (χ4n) is 3.57. The summed E-state index contributed by atoms with van der Waals surface area (Å²) in [6.45, 7) is 2.81. The van der Waals surface area contributed by atoms with E-state index in [4.69, 9.17) is 4.42 Å². The molecule has 1 aliphatic carbocycles. The molecule has 7 heteroatoms. The zero-order chi connectivity index (χ0) is 21.6. The van der Waals surface area contributed by atoms with Gasteiger partial charge in [0.15, 0.2) is 11.6 Å². The molecule has 1 aliphatic rings. The molecule has 1 N–H and O–H groups in total. The molecule has 0 radical (unpaired) electrons. The first-order valence-electron chi connectivity index (χ1n) is 10.4. The molecule has 1 amide bonds. The zero-order valence-corrected chi connectivity index (χ0v) is 17.4. The Morgan fingerprint density at radius 2 is 2.00 bits per heavy atom. The van der Waals surface area contributed by atoms with E-state index >= 15 is 0 Å². The van der Waals surface area contributed by atoms with Crippen LogP contribution in [0.25, 0.3) is 5.57 Å². The van der Waals surface area contributed by atoms with Gasteiger partial charge < -0.3 is 14.3 Å². The third-order valence-corrected chi connectivity index (χ3v) is 5.18. The number of allylic oxidation sites excluding steroid dienone is 4. The quantitative estimate of drug-likeness (QED) is 0.527. The van der Waals surface area contributed by atoms with Crippen molar-refractivity contribution in [2.75, 3.05) is 5.32 Å². The monoisotopic (exact) mass is 416 g/mol. The molecule has 2 aromatic heterocycles. The van der Waals surface area contributed by atoms with Crippen molar-refractivity contribution < 1.29 is 14.0 Å². The average Bonchev–Trinajstić information content (AvgIpc) is 3.54. The lowest BCUT2D eigenvalue weighted by Crippen LogP contribution is -2.14. The van der Waals surface area contributed by atoms with Crippen LogP contribution in [0.3, 0.4) is 0 Å². The fraction of sp³-hybridized carbons (Fsp3) is 0.250. The Bertz CT molecular complexity index is 1120. The molecule has 0 saturated carbocycles. The molecular formula is C24H24N4O3. The minimum Gasteiger partial charge on any atom is -0.461 e. The largest absolute Gasteiger partial charge is 0.461 e. The number of nitrogens with one attached hydrogen (secondary N) is 1. The van der Waals surface area contributed by atoms with E-state index < -0.39 is 0 Å². The summed E-state index contributed by atoms with van der Waals surface area (Å²) in [6.07, 6.45) is 9.60. The van der Waals surface area contributed by atoms with E-state index in [1.807, 2.05) is 18.2 Å². The maximum absolute atomic E-state index is 12.4. The number of carbonyl (C=O) groups excluding carboxylic acids is 2. The molecule has 0 fully saturated rings. The van der Waals surface area contributed by atoms with Crippen molar-refractivity contribution >= 4 is 23.0 Å². The van der Waals surface area contributed by atoms with Gasteiger partial charge in [-0.2, -0.15) is 0 Å². The Morgan fingerprint density at radius 3 is 2.68 bits per heavy atom. The topological polar surface area (TPSA) is 90.0 Å². The van der Waals surface area contributed by atoms with Gasteiger partial charge in [-0.15, -0.1) is 10.2 Å². The van der Waals surface area contributed by atoms with E-state index in [0.717, 1.165) is 35.8 Å². The van der Waals surface area contributed by atoms with Crippen LogP contribution in [-0.4, -0.2) is 26.5 Å². The summed E-state index contributed by atoms with van der Waals surface area (Å²) in [5.41, 5.74) is 2.70. The smallest absolute Gasteiger partial charge is 0.224 e. The van der Waals surface area contributed by atoms with Crippen LogP contribution < -0.4 is 5.32 Å². The lowest BCUT2D eigenvalue weighted by Gasteiger charge is -2.09. The summed E-state index contributed by atoms with van der Waals surface area (Å²) in [4.78, 5) is 24.5. The summed E-state index contributed by atoms with van der Waals surface area (Å²) >= 11 is 0. The van der Waals surface area contributed by atoms with Crippen molar-refractivity contribution in [1.29, 1.82) is 0 Å². The van der Waals surface area contributed by atoms with Crippen LogP contribution in [0, 0.1) is 0 Å². The molecular weight excluding hydrogens is 392 g/mol. The zero-order valence-electron chi connectivity index (χ0n) is 17.4. The van der Waals surface area contributed by atoms with Gasteiger partial charge in [0, 0.05) is 37.1 Å². The molecule has 0 atom stereocenters. The van der Waals surface area contributed by atoms with Crippen LogP contribution in [0.5, 0.6) is 0 Å². The van der Waals surface area contributed by atoms with Crippen LogP contribution in [0.4, 0.5) is 5.69 Å². The first kappa shape index (κ1) is 20.5. The number of anilines is 1. The number of benzene rings is 1. The summed E-state index contributed by atoms with van der Waals surface area (Å²) in [7, 11) is 0. The molecule has 31 heavy (non-hydrogen) atoms. The second kappa shape index (κ2) is 9.38. The Morgan fingerprint density at radius 1 is 1.16 bits per heavy atom. The normalized spacial score (nSPS) is 12.7. The first-order chi connectivity index (χ1) is 15.1. The number of amides is 1. The molecule has 0 saturated heterocycles. The highest BCUT2D eigenvalue weighted by Gasteiger charge is 2.16. The highest BCUT2D eigenvalue weighted by molar-refractivity contribution is 5.95. The minimum atomic E-state index is -0.0895. The highest BCUT2D eigenvalue weighted by atomic mass is 16.3. The first-order valence-corrected chi connectivity index (χ1v) is 10.4. The summed E-state index contributed by atoms with van der Waals surface area (Å²) < 4.78 is 7.20. The van der Waals surface area contributed by atoms with Gasteiger partial charge in [-0.1, -0.05) is 30.4 Å². The molecule has 1 aromatic carbocycles. The second-order valence-corrected chi connectivity index (χ2v) is 7.33. The van der Waals surface area contributed by atoms with E-state index in [2.05, 4.69) is 39.2 Å². The number of aromatic nitrogens is 3. The number of carbonyl (C=O) groups is 2. The van der Waals surface area contributed by atoms with Crippen molar-refractivity contribution in [3.05, 3.63) is 83.9 Å². The number of ketones is 1. The maximum Gasteiger partial charge on any atom is 0.224 e. The average molecular weight is 416 g/mol. The molecule has 7 nitrogen and oxygen atoms in total. The minimum absolute atomic E-state index is 0.0784. The number of furan rings is 1. The van der Waals surface area contributed by atoms with Crippen LogP contribution >= 0.6 is 0 Å². The van der Waals surface area contributed by atoms with Gasteiger partial charge in [0.05, 0.1) is 6.26 Å². The van der Waals surface area contributed by atoms with Gasteiger partial charge in [0.1, 0.15) is 5.82 Å². The van der Waals surface area contributed by atoms with Crippen molar-refractivity contribution in [3.63, 3.8) is 0 Å². The number of Topliss-reactive ketones (excluding diaryl/α,β-unsaturated/α-hetero) is 1. The number of aryl methyl sites for hydroxylation is 1. The van der Waals surface area contributed by atoms with Gasteiger partial charge in [0.25, 0.3) is 0 Å². The molecule has 0 unspecified atom stereocenters. The predicted octanol–water partition coefficient (Wildman–Crippen LogP) is 4.23. The Hall–Kier alpha value is -3.74. The van der Waals surface area contributed by atoms with Gasteiger partial charge in [-0.05, 0) is 43.2 Å². The number of nitrogens with zero attached hydrogens (tertiary/aromatic N) is 3. The van der Waals surface area contributed by atoms with E-state index in [-0.39, 0.29) is 18.1 Å². The standard InChI is InChI=1S/C24H24N4O3/c1-2-28-22(26-27-24(28)18-6-3-4-7-18)13-14-23(30)25-19-11-9-17(10-12-19)16-20(29)21-8-5-15-31-21/h3-6,8-12,15H,2,7,13-14,16H2,1H3,(H,25,30). The number of hydrogen-bond acceptors (Lipinski definition) is 5. The SMILES string of the molecule is CCn1c(CCC(=O)Nc2ccc(CC(=O)c3ccco3)cc2)nnc1C1=CC=CC1. The highest BCUT2D eigenvalue weighted by Crippen LogP contribution is 2.22. The van der Waals surface area contributed by atoms with Gasteiger partial charge >= 0.3 is 0 Å². The lowest BCUT2D eigenvalue weighted by atomic mass is 10.1. The molecule has 4 rings (SSSR count). The maximum atomic E-state index is 12.4. The molecule has 0 bridgehead atoms. The van der Waals surface area contributed by atoms with E-state index in [0.29, 0.717) is 24.3 Å². The van der Waals surface area contributed by atoms with Crippen molar-refractivity contribution in [2.24, 2.45) is 0 Å². The Balaban J connectivity index is 1.30. The summed E-state index contributed by atoms with van der Waals surface area (Å²) in [5, 5.41) is 11.5. The van der Waals surface area contributed by atoms with Crippen molar-refractivity contribution in [2.45, 2.75) is 39.2 Å². The van der Waals surface area contributed by atoms with Crippen molar-refractivity contribution in [3.8, 4) is 0 Å². The van der Waals surface area contributed by atoms with Gasteiger partial charge in [-0.3, -0.25) is 9.59 Å².